The molecule has 2 rings (SSSR count). The van der Waals surface area contributed by atoms with E-state index in [4.69, 9.17) is 4.74 Å². The Morgan fingerprint density at radius 2 is 1.78 bits per heavy atom. The van der Waals surface area contributed by atoms with Crippen molar-refractivity contribution >= 4 is 11.9 Å². The topological polar surface area (TPSA) is 55.4 Å². The molecule has 0 aliphatic carbocycles. The van der Waals surface area contributed by atoms with Crippen LogP contribution in [0.15, 0.2) is 54.6 Å². The standard InChI is InChI=1S/C20H20F3NO3/c1-14(10-11-15-6-3-2-4-7-15)24-18(25)13-27-19(26)16-8-5-9-17(12-16)20(21,22)23/h2-9,12,14H,10-11,13H2,1H3,(H,24,25)/t14-/m0/s1. The lowest BCUT2D eigenvalue weighted by Gasteiger charge is -2.14. The van der Waals surface area contributed by atoms with E-state index in [1.807, 2.05) is 37.3 Å². The van der Waals surface area contributed by atoms with Gasteiger partial charge in [0.1, 0.15) is 0 Å². The highest BCUT2D eigenvalue weighted by molar-refractivity contribution is 5.91. The van der Waals surface area contributed by atoms with E-state index in [0.29, 0.717) is 12.5 Å². The molecular weight excluding hydrogens is 359 g/mol. The maximum Gasteiger partial charge on any atom is 0.416 e. The van der Waals surface area contributed by atoms with Crippen molar-refractivity contribution < 1.29 is 27.5 Å². The summed E-state index contributed by atoms with van der Waals surface area (Å²) in [5.41, 5.74) is -0.0553. The molecule has 0 heterocycles. The number of alkyl halides is 3. The Hall–Kier alpha value is -2.83. The van der Waals surface area contributed by atoms with Crippen LogP contribution in [0.3, 0.4) is 0 Å². The van der Waals surface area contributed by atoms with Crippen LogP contribution in [0, 0.1) is 0 Å². The van der Waals surface area contributed by atoms with Crippen LogP contribution in [0.5, 0.6) is 0 Å². The average molecular weight is 379 g/mol. The molecule has 0 fully saturated rings. The lowest BCUT2D eigenvalue weighted by molar-refractivity contribution is -0.137. The second-order valence-corrected chi connectivity index (χ2v) is 6.15. The van der Waals surface area contributed by atoms with Gasteiger partial charge in [0.15, 0.2) is 6.61 Å². The number of halogens is 3. The first kappa shape index (κ1) is 20.5. The van der Waals surface area contributed by atoms with Crippen molar-refractivity contribution in [2.24, 2.45) is 0 Å². The summed E-state index contributed by atoms with van der Waals surface area (Å²) in [6.07, 6.45) is -3.06. The van der Waals surface area contributed by atoms with Gasteiger partial charge in [-0.15, -0.1) is 0 Å². The molecule has 0 saturated carbocycles. The molecular formula is C20H20F3NO3. The van der Waals surface area contributed by atoms with Gasteiger partial charge in [-0.3, -0.25) is 4.79 Å². The van der Waals surface area contributed by atoms with Crippen LogP contribution >= 0.6 is 0 Å². The Morgan fingerprint density at radius 1 is 1.07 bits per heavy atom. The Balaban J connectivity index is 1.78. The number of aryl methyl sites for hydroxylation is 1. The van der Waals surface area contributed by atoms with E-state index < -0.39 is 30.2 Å². The molecule has 1 atom stereocenters. The second kappa shape index (κ2) is 9.21. The van der Waals surface area contributed by atoms with E-state index in [1.54, 1.807) is 0 Å². The van der Waals surface area contributed by atoms with Crippen molar-refractivity contribution in [1.29, 1.82) is 0 Å². The molecule has 0 saturated heterocycles. The molecule has 1 N–H and O–H groups in total. The zero-order valence-corrected chi connectivity index (χ0v) is 14.8. The van der Waals surface area contributed by atoms with Crippen molar-refractivity contribution in [2.75, 3.05) is 6.61 Å². The minimum absolute atomic E-state index is 0.134. The minimum atomic E-state index is -4.55. The van der Waals surface area contributed by atoms with E-state index >= 15 is 0 Å². The fraction of sp³-hybridized carbons (Fsp3) is 0.300. The number of ether oxygens (including phenoxy) is 1. The van der Waals surface area contributed by atoms with Gasteiger partial charge in [0, 0.05) is 6.04 Å². The Labute approximate surface area is 155 Å². The van der Waals surface area contributed by atoms with Crippen LogP contribution < -0.4 is 5.32 Å². The summed E-state index contributed by atoms with van der Waals surface area (Å²) in [6, 6.07) is 13.5. The fourth-order valence-corrected chi connectivity index (χ4v) is 2.45. The third kappa shape index (κ3) is 6.77. The third-order valence-corrected chi connectivity index (χ3v) is 3.88. The van der Waals surface area contributed by atoms with Crippen molar-refractivity contribution in [1.82, 2.24) is 5.32 Å². The summed E-state index contributed by atoms with van der Waals surface area (Å²) < 4.78 is 42.8. The van der Waals surface area contributed by atoms with Gasteiger partial charge in [-0.05, 0) is 43.5 Å². The Kier molecular flexibility index (Phi) is 6.98. The number of rotatable bonds is 7. The normalized spacial score (nSPS) is 12.3. The maximum atomic E-state index is 12.7. The molecule has 0 unspecified atom stereocenters. The van der Waals surface area contributed by atoms with E-state index in [1.165, 1.54) is 6.07 Å². The predicted octanol–water partition coefficient (Wildman–Crippen LogP) is 4.00. The predicted molar refractivity (Wildman–Crippen MR) is 94.1 cm³/mol. The van der Waals surface area contributed by atoms with Crippen LogP contribution in [-0.4, -0.2) is 24.5 Å². The molecule has 2 aromatic carbocycles. The summed E-state index contributed by atoms with van der Waals surface area (Å²) in [6.45, 7) is 1.28. The maximum absolute atomic E-state index is 12.7. The Morgan fingerprint density at radius 3 is 2.44 bits per heavy atom. The summed E-state index contributed by atoms with van der Waals surface area (Å²) in [5.74, 6) is -1.48. The van der Waals surface area contributed by atoms with E-state index in [-0.39, 0.29) is 11.6 Å². The number of hydrogen-bond acceptors (Lipinski definition) is 3. The highest BCUT2D eigenvalue weighted by Gasteiger charge is 2.31. The first-order chi connectivity index (χ1) is 12.8. The molecule has 4 nitrogen and oxygen atoms in total. The van der Waals surface area contributed by atoms with Gasteiger partial charge in [0.25, 0.3) is 5.91 Å². The van der Waals surface area contributed by atoms with Crippen LogP contribution in [0.25, 0.3) is 0 Å². The smallest absolute Gasteiger partial charge is 0.416 e. The van der Waals surface area contributed by atoms with Gasteiger partial charge < -0.3 is 10.1 Å². The quantitative estimate of drug-likeness (QED) is 0.740. The number of carbonyl (C=O) groups is 2. The van der Waals surface area contributed by atoms with Crippen LogP contribution in [0.1, 0.15) is 34.8 Å². The first-order valence-corrected chi connectivity index (χ1v) is 8.43. The van der Waals surface area contributed by atoms with Gasteiger partial charge in [0.2, 0.25) is 0 Å². The van der Waals surface area contributed by atoms with Gasteiger partial charge >= 0.3 is 12.1 Å². The highest BCUT2D eigenvalue weighted by atomic mass is 19.4. The molecule has 2 aromatic rings. The van der Waals surface area contributed by atoms with E-state index in [0.717, 1.165) is 24.1 Å². The molecule has 0 aromatic heterocycles. The minimum Gasteiger partial charge on any atom is -0.452 e. The lowest BCUT2D eigenvalue weighted by Crippen LogP contribution is -2.36. The van der Waals surface area contributed by atoms with Gasteiger partial charge in [-0.25, -0.2) is 4.79 Å². The van der Waals surface area contributed by atoms with Crippen molar-refractivity contribution in [3.8, 4) is 0 Å². The highest BCUT2D eigenvalue weighted by Crippen LogP contribution is 2.29. The van der Waals surface area contributed by atoms with Crippen molar-refractivity contribution in [2.45, 2.75) is 32.0 Å². The molecule has 27 heavy (non-hydrogen) atoms. The SMILES string of the molecule is C[C@@H](CCc1ccccc1)NC(=O)COC(=O)c1cccc(C(F)(F)F)c1. The number of nitrogens with one attached hydrogen (secondary N) is 1. The van der Waals surface area contributed by atoms with Crippen molar-refractivity contribution in [3.05, 3.63) is 71.3 Å². The zero-order chi connectivity index (χ0) is 19.9. The van der Waals surface area contributed by atoms with Gasteiger partial charge in [-0.2, -0.15) is 13.2 Å². The lowest BCUT2D eigenvalue weighted by atomic mass is 10.1. The molecule has 144 valence electrons. The van der Waals surface area contributed by atoms with Gasteiger partial charge in [0.05, 0.1) is 11.1 Å². The number of carbonyl (C=O) groups excluding carboxylic acids is 2. The van der Waals surface area contributed by atoms with Gasteiger partial charge in [-0.1, -0.05) is 36.4 Å². The summed E-state index contributed by atoms with van der Waals surface area (Å²) in [7, 11) is 0. The second-order valence-electron chi connectivity index (χ2n) is 6.15. The number of benzene rings is 2. The summed E-state index contributed by atoms with van der Waals surface area (Å²) >= 11 is 0. The van der Waals surface area contributed by atoms with Crippen molar-refractivity contribution in [3.63, 3.8) is 0 Å². The molecule has 0 radical (unpaired) electrons. The van der Waals surface area contributed by atoms with Crippen LogP contribution in [0.2, 0.25) is 0 Å². The molecule has 0 aliphatic heterocycles. The Bertz CT molecular complexity index is 776. The molecule has 0 aliphatic rings. The number of amides is 1. The fourth-order valence-electron chi connectivity index (χ4n) is 2.45. The van der Waals surface area contributed by atoms with Crippen LogP contribution in [0.4, 0.5) is 13.2 Å². The molecule has 0 spiro atoms. The zero-order valence-electron chi connectivity index (χ0n) is 14.8. The summed E-state index contributed by atoms with van der Waals surface area (Å²) in [4.78, 5) is 23.7. The van der Waals surface area contributed by atoms with Crippen LogP contribution in [-0.2, 0) is 22.1 Å². The monoisotopic (exact) mass is 379 g/mol. The third-order valence-electron chi connectivity index (χ3n) is 3.88. The summed E-state index contributed by atoms with van der Waals surface area (Å²) in [5, 5.41) is 2.70. The average Bonchev–Trinajstić information content (AvgIpc) is 2.64. The molecule has 7 heteroatoms. The number of hydrogen-bond donors (Lipinski definition) is 1. The first-order valence-electron chi connectivity index (χ1n) is 8.43. The van der Waals surface area contributed by atoms with E-state index in [2.05, 4.69) is 5.32 Å². The molecule has 0 bridgehead atoms. The number of esters is 1. The largest absolute Gasteiger partial charge is 0.452 e. The molecule has 1 amide bonds. The van der Waals surface area contributed by atoms with E-state index in [9.17, 15) is 22.8 Å².